The van der Waals surface area contributed by atoms with Crippen molar-refractivity contribution in [3.63, 3.8) is 0 Å². The first-order chi connectivity index (χ1) is 18.8. The number of rotatable bonds is 7. The molecule has 1 amide bonds. The van der Waals surface area contributed by atoms with E-state index in [9.17, 15) is 31.1 Å². The molecule has 3 aromatic rings. The van der Waals surface area contributed by atoms with Gasteiger partial charge in [0.25, 0.3) is 0 Å². The molecule has 216 valence electrons. The Morgan fingerprint density at radius 2 is 1.93 bits per heavy atom. The number of carbonyl (C=O) groups excluding carboxylic acids is 1. The van der Waals surface area contributed by atoms with Crippen molar-refractivity contribution < 1.29 is 49.7 Å². The summed E-state index contributed by atoms with van der Waals surface area (Å²) in [4.78, 5) is 19.4. The molecule has 0 radical (unpaired) electrons. The van der Waals surface area contributed by atoms with Gasteiger partial charge in [-0.05, 0) is 25.2 Å². The van der Waals surface area contributed by atoms with Crippen molar-refractivity contribution >= 4 is 23.5 Å². The van der Waals surface area contributed by atoms with Crippen molar-refractivity contribution in [3.05, 3.63) is 35.4 Å². The molecule has 0 unspecified atom stereocenters. The van der Waals surface area contributed by atoms with E-state index in [0.29, 0.717) is 12.0 Å². The number of halogens is 7. The van der Waals surface area contributed by atoms with E-state index < -0.39 is 55.3 Å². The number of alkyl halides is 7. The highest BCUT2D eigenvalue weighted by Crippen LogP contribution is 2.57. The summed E-state index contributed by atoms with van der Waals surface area (Å²) in [6, 6.07) is 1.81. The number of fused-ring (bicyclic) bond motifs is 1. The summed E-state index contributed by atoms with van der Waals surface area (Å²) >= 11 is 0. The van der Waals surface area contributed by atoms with E-state index in [1.165, 1.54) is 6.07 Å². The molecule has 4 aliphatic rings. The molecule has 3 aliphatic carbocycles. The van der Waals surface area contributed by atoms with Gasteiger partial charge in [0.15, 0.2) is 23.8 Å². The predicted octanol–water partition coefficient (Wildman–Crippen LogP) is 4.31. The van der Waals surface area contributed by atoms with Gasteiger partial charge in [-0.2, -0.15) is 18.3 Å². The Hall–Kier alpha value is -3.67. The molecule has 0 aromatic carbocycles. The van der Waals surface area contributed by atoms with E-state index in [0.717, 1.165) is 29.9 Å². The van der Waals surface area contributed by atoms with Gasteiger partial charge in [0, 0.05) is 23.9 Å². The summed E-state index contributed by atoms with van der Waals surface area (Å²) in [6.45, 7) is -1.28. The van der Waals surface area contributed by atoms with Crippen molar-refractivity contribution in [1.82, 2.24) is 29.9 Å². The minimum Gasteiger partial charge on any atom is -0.441 e. The van der Waals surface area contributed by atoms with Gasteiger partial charge < -0.3 is 20.1 Å². The van der Waals surface area contributed by atoms with Crippen LogP contribution < -0.4 is 10.6 Å². The maximum atomic E-state index is 15.1. The summed E-state index contributed by atoms with van der Waals surface area (Å²) in [7, 11) is 0. The second-order valence-corrected chi connectivity index (χ2v) is 10.0. The maximum absolute atomic E-state index is 15.1. The number of aromatic nitrogens is 5. The fraction of sp³-hybridized carbons (Fsp3) is 0.545. The van der Waals surface area contributed by atoms with Crippen LogP contribution in [0.1, 0.15) is 42.4 Å². The Kier molecular flexibility index (Phi) is 6.10. The highest BCUT2D eigenvalue weighted by molar-refractivity contribution is 5.69. The first kappa shape index (κ1) is 26.5. The number of imidazole rings is 1. The zero-order chi connectivity index (χ0) is 28.4. The molecule has 0 spiro atoms. The molecule has 7 rings (SSSR count). The summed E-state index contributed by atoms with van der Waals surface area (Å²) in [6.07, 6.45) is -11.1. The maximum Gasteiger partial charge on any atom is 0.522 e. The van der Waals surface area contributed by atoms with Crippen LogP contribution in [0.4, 0.5) is 47.3 Å². The molecular weight excluding hydrogens is 559 g/mol. The second kappa shape index (κ2) is 9.18. The number of nitrogens with one attached hydrogen (secondary N) is 3. The smallest absolute Gasteiger partial charge is 0.441 e. The normalized spacial score (nSPS) is 27.8. The van der Waals surface area contributed by atoms with Crippen LogP contribution in [0.2, 0.25) is 0 Å². The molecule has 3 saturated carbocycles. The first-order valence-corrected chi connectivity index (χ1v) is 12.0. The average Bonchev–Trinajstić information content (AvgIpc) is 3.52. The largest absolute Gasteiger partial charge is 0.522 e. The fourth-order valence-corrected chi connectivity index (χ4v) is 5.11. The number of ether oxygens (including phenoxy) is 3. The van der Waals surface area contributed by atoms with Gasteiger partial charge in [-0.25, -0.2) is 19.2 Å². The van der Waals surface area contributed by atoms with E-state index in [4.69, 9.17) is 9.47 Å². The molecule has 4 fully saturated rings. The van der Waals surface area contributed by atoms with Crippen LogP contribution >= 0.6 is 0 Å². The topological polar surface area (TPSA) is 128 Å². The Balaban J connectivity index is 1.16. The summed E-state index contributed by atoms with van der Waals surface area (Å²) in [5.74, 6) is 0.0359. The van der Waals surface area contributed by atoms with Crippen molar-refractivity contribution in [3.8, 4) is 0 Å². The lowest BCUT2D eigenvalue weighted by Gasteiger charge is -2.61. The number of hydrogen-bond donors (Lipinski definition) is 3. The van der Waals surface area contributed by atoms with E-state index in [2.05, 4.69) is 35.5 Å². The van der Waals surface area contributed by atoms with E-state index >= 15 is 4.39 Å². The number of hydrogen-bond acceptors (Lipinski definition) is 8. The first-order valence-electron chi connectivity index (χ1n) is 12.0. The number of anilines is 2. The SMILES string of the molecule is O=C(NC12CC(C1)C2)O[C@@H]1CO[C@H](c2cc(Nc3nc(C(F)(F)F)cc4nc(COC(F)(F)F)cn34)n[nH]2)[C@H]1F. The van der Waals surface area contributed by atoms with E-state index in [1.54, 1.807) is 0 Å². The van der Waals surface area contributed by atoms with Gasteiger partial charge in [0.05, 0.1) is 24.6 Å². The summed E-state index contributed by atoms with van der Waals surface area (Å²) in [5.41, 5.74) is -2.20. The zero-order valence-corrected chi connectivity index (χ0v) is 20.1. The molecule has 3 N–H and O–H groups in total. The Morgan fingerprint density at radius 1 is 1.18 bits per heavy atom. The minimum atomic E-state index is -4.97. The molecule has 18 heteroatoms. The molecule has 1 aliphatic heterocycles. The Labute approximate surface area is 219 Å². The second-order valence-electron chi connectivity index (χ2n) is 10.0. The molecule has 3 atom stereocenters. The van der Waals surface area contributed by atoms with Crippen LogP contribution in [0.25, 0.3) is 5.65 Å². The quantitative estimate of drug-likeness (QED) is 0.354. The lowest BCUT2D eigenvalue weighted by Crippen LogP contribution is -2.68. The van der Waals surface area contributed by atoms with E-state index in [1.807, 2.05) is 0 Å². The average molecular weight is 579 g/mol. The lowest BCUT2D eigenvalue weighted by molar-refractivity contribution is -0.330. The monoisotopic (exact) mass is 579 g/mol. The molecule has 11 nitrogen and oxygen atoms in total. The summed E-state index contributed by atoms with van der Waals surface area (Å²) in [5, 5.41) is 11.7. The molecule has 40 heavy (non-hydrogen) atoms. The summed E-state index contributed by atoms with van der Waals surface area (Å²) < 4.78 is 108. The van der Waals surface area contributed by atoms with Crippen LogP contribution in [-0.4, -0.2) is 61.4 Å². The van der Waals surface area contributed by atoms with Crippen molar-refractivity contribution in [2.24, 2.45) is 5.92 Å². The van der Waals surface area contributed by atoms with Crippen LogP contribution in [0.5, 0.6) is 0 Å². The molecule has 3 aromatic heterocycles. The predicted molar refractivity (Wildman–Crippen MR) is 118 cm³/mol. The van der Waals surface area contributed by atoms with Gasteiger partial charge in [0.1, 0.15) is 11.8 Å². The number of nitrogens with zero attached hydrogens (tertiary/aromatic N) is 4. The van der Waals surface area contributed by atoms with Crippen molar-refractivity contribution in [1.29, 1.82) is 0 Å². The van der Waals surface area contributed by atoms with E-state index in [-0.39, 0.29) is 35.0 Å². The Bertz CT molecular complexity index is 1420. The third kappa shape index (κ3) is 5.12. The number of alkyl carbamates (subject to hydrolysis) is 1. The molecule has 1 saturated heterocycles. The third-order valence-corrected chi connectivity index (χ3v) is 7.07. The van der Waals surface area contributed by atoms with Crippen LogP contribution in [0.15, 0.2) is 18.3 Å². The van der Waals surface area contributed by atoms with Crippen molar-refractivity contribution in [2.75, 3.05) is 11.9 Å². The minimum absolute atomic E-state index is 0.0917. The van der Waals surface area contributed by atoms with Crippen molar-refractivity contribution in [2.45, 2.75) is 62.3 Å². The molecule has 2 bridgehead atoms. The highest BCUT2D eigenvalue weighted by atomic mass is 19.4. The van der Waals surface area contributed by atoms with Gasteiger partial charge in [-0.1, -0.05) is 0 Å². The number of aromatic amines is 1. The fourth-order valence-electron chi connectivity index (χ4n) is 5.11. The number of carbonyl (C=O) groups is 1. The highest BCUT2D eigenvalue weighted by Gasteiger charge is 2.58. The zero-order valence-electron chi connectivity index (χ0n) is 20.1. The van der Waals surface area contributed by atoms with Crippen LogP contribution in [-0.2, 0) is 27.0 Å². The standard InChI is InChI=1S/C22H20F7N7O4/c23-16-12(40-19(37)33-20-3-9(4-20)5-20)8-38-17(16)11-1-14(35-34-11)32-18-31-13(21(24,25)26)2-15-30-10(6-36(15)18)7-39-22(27,28)29/h1-2,6,9,12,16-17H,3-5,7-8H2,(H,33,37)(H2,31,32,34,35)/t9?,12-,16+,17-,20?/m1/s1. The van der Waals surface area contributed by atoms with Gasteiger partial charge in [0.2, 0.25) is 5.95 Å². The Morgan fingerprint density at radius 3 is 2.58 bits per heavy atom. The van der Waals surface area contributed by atoms with Gasteiger partial charge >= 0.3 is 18.6 Å². The van der Waals surface area contributed by atoms with Crippen LogP contribution in [0, 0.1) is 5.92 Å². The van der Waals surface area contributed by atoms with Gasteiger partial charge in [-0.3, -0.25) is 14.2 Å². The van der Waals surface area contributed by atoms with Gasteiger partial charge in [-0.15, -0.1) is 13.2 Å². The number of H-pyrrole nitrogens is 1. The third-order valence-electron chi connectivity index (χ3n) is 7.07. The number of amides is 1. The van der Waals surface area contributed by atoms with Crippen LogP contribution in [0.3, 0.4) is 0 Å². The molecular formula is C22H20F7N7O4. The lowest BCUT2D eigenvalue weighted by atomic mass is 9.50. The molecule has 4 heterocycles.